The van der Waals surface area contributed by atoms with Gasteiger partial charge in [-0.1, -0.05) is 24.3 Å². The van der Waals surface area contributed by atoms with Crippen LogP contribution < -0.4 is 19.1 Å². The number of morpholine rings is 1. The van der Waals surface area contributed by atoms with Crippen LogP contribution in [0.5, 0.6) is 5.75 Å². The van der Waals surface area contributed by atoms with E-state index in [0.717, 1.165) is 18.2 Å². The van der Waals surface area contributed by atoms with E-state index in [1.54, 1.807) is 23.1 Å². The normalized spacial score (nSPS) is 14.7. The van der Waals surface area contributed by atoms with Crippen molar-refractivity contribution >= 4 is 37.1 Å². The summed E-state index contributed by atoms with van der Waals surface area (Å²) in [5.74, 6) is 0.255. The minimum absolute atomic E-state index is 0.147. The summed E-state index contributed by atoms with van der Waals surface area (Å²) in [5.41, 5.74) is -1.11. The van der Waals surface area contributed by atoms with Crippen LogP contribution in [0.15, 0.2) is 76.5 Å². The average molecular weight is 572 g/mol. The number of benzene rings is 3. The lowest BCUT2D eigenvalue weighted by Gasteiger charge is -2.31. The van der Waals surface area contributed by atoms with Crippen LogP contribution in [-0.4, -0.2) is 50.2 Å². The highest BCUT2D eigenvalue weighted by molar-refractivity contribution is 7.93. The van der Waals surface area contributed by atoms with Gasteiger partial charge in [-0.05, 0) is 42.5 Å². The number of nitrogens with one attached hydrogen (secondary N) is 2. The van der Waals surface area contributed by atoms with Crippen molar-refractivity contribution in [1.82, 2.24) is 0 Å². The molecule has 4 rings (SSSR count). The molecule has 0 unspecified atom stereocenters. The van der Waals surface area contributed by atoms with Crippen molar-refractivity contribution in [2.24, 2.45) is 0 Å². The Kier molecular flexibility index (Phi) is 7.76. The standard InChI is InChI=1S/C24H24F3N3O6S2/c1-35-22-8-4-3-7-19(22)28-37(31,32)17-10-11-21(30-12-14-36-15-13-30)20(16-17)29-38(33,34)23-9-5-2-6-18(23)24(25,26)27/h2-11,16,28-29H,12-15H2,1H3. The zero-order valence-corrected chi connectivity index (χ0v) is 21.7. The molecule has 2 N–H and O–H groups in total. The first-order valence-electron chi connectivity index (χ1n) is 11.2. The van der Waals surface area contributed by atoms with Gasteiger partial charge >= 0.3 is 6.18 Å². The van der Waals surface area contributed by atoms with E-state index in [4.69, 9.17) is 9.47 Å². The predicted octanol–water partition coefficient (Wildman–Crippen LogP) is 4.15. The maximum Gasteiger partial charge on any atom is 0.417 e. The van der Waals surface area contributed by atoms with Crippen LogP contribution in [0.25, 0.3) is 0 Å². The molecule has 0 amide bonds. The lowest BCUT2D eigenvalue weighted by Crippen LogP contribution is -2.37. The predicted molar refractivity (Wildman–Crippen MR) is 136 cm³/mol. The summed E-state index contributed by atoms with van der Waals surface area (Å²) in [6.45, 7) is 1.38. The van der Waals surface area contributed by atoms with Crippen LogP contribution in [0.4, 0.5) is 30.2 Å². The number of hydrogen-bond donors (Lipinski definition) is 2. The summed E-state index contributed by atoms with van der Waals surface area (Å²) >= 11 is 0. The number of hydrogen-bond acceptors (Lipinski definition) is 7. The number of rotatable bonds is 8. The number of anilines is 3. The Bertz CT molecular complexity index is 1520. The highest BCUT2D eigenvalue weighted by Crippen LogP contribution is 2.37. The summed E-state index contributed by atoms with van der Waals surface area (Å²) < 4.78 is 109. The molecule has 3 aromatic carbocycles. The van der Waals surface area contributed by atoms with Gasteiger partial charge in [0.05, 0.1) is 52.7 Å². The van der Waals surface area contributed by atoms with Crippen molar-refractivity contribution in [3.05, 3.63) is 72.3 Å². The zero-order valence-electron chi connectivity index (χ0n) is 20.0. The molecule has 0 aliphatic carbocycles. The molecule has 0 atom stereocenters. The van der Waals surface area contributed by atoms with Gasteiger partial charge in [0.2, 0.25) is 0 Å². The van der Waals surface area contributed by atoms with Gasteiger partial charge in [0.25, 0.3) is 20.0 Å². The maximum absolute atomic E-state index is 13.6. The Labute approximate surface area is 218 Å². The third kappa shape index (κ3) is 5.97. The minimum atomic E-state index is -4.93. The first-order valence-corrected chi connectivity index (χ1v) is 14.2. The Balaban J connectivity index is 1.78. The first kappa shape index (κ1) is 27.5. The molecule has 1 heterocycles. The fourth-order valence-corrected chi connectivity index (χ4v) is 6.30. The Morgan fingerprint density at radius 3 is 2.16 bits per heavy atom. The molecule has 1 aliphatic heterocycles. The fourth-order valence-electron chi connectivity index (χ4n) is 3.91. The van der Waals surface area contributed by atoms with E-state index in [1.165, 1.54) is 31.4 Å². The Hall–Kier alpha value is -3.49. The van der Waals surface area contributed by atoms with Gasteiger partial charge < -0.3 is 14.4 Å². The van der Waals surface area contributed by atoms with Crippen LogP contribution in [-0.2, 0) is 31.0 Å². The molecule has 0 saturated carbocycles. The van der Waals surface area contributed by atoms with E-state index in [-0.39, 0.29) is 27.7 Å². The quantitative estimate of drug-likeness (QED) is 0.418. The highest BCUT2D eigenvalue weighted by atomic mass is 32.2. The lowest BCUT2D eigenvalue weighted by molar-refractivity contribution is -0.139. The highest BCUT2D eigenvalue weighted by Gasteiger charge is 2.37. The van der Waals surface area contributed by atoms with Gasteiger partial charge in [-0.3, -0.25) is 9.44 Å². The molecule has 0 spiro atoms. The molecule has 38 heavy (non-hydrogen) atoms. The average Bonchev–Trinajstić information content (AvgIpc) is 2.88. The second-order valence-electron chi connectivity index (χ2n) is 8.18. The summed E-state index contributed by atoms with van der Waals surface area (Å²) in [4.78, 5) is 0.448. The minimum Gasteiger partial charge on any atom is -0.495 e. The van der Waals surface area contributed by atoms with Gasteiger partial charge in [0.1, 0.15) is 5.75 Å². The van der Waals surface area contributed by atoms with Crippen LogP contribution in [0.1, 0.15) is 5.56 Å². The topological polar surface area (TPSA) is 114 Å². The second kappa shape index (κ2) is 10.7. The van der Waals surface area contributed by atoms with Crippen molar-refractivity contribution in [3.8, 4) is 5.75 Å². The van der Waals surface area contributed by atoms with E-state index in [0.29, 0.717) is 32.4 Å². The third-order valence-electron chi connectivity index (χ3n) is 5.71. The molecule has 204 valence electrons. The van der Waals surface area contributed by atoms with E-state index < -0.39 is 36.7 Å². The largest absolute Gasteiger partial charge is 0.495 e. The van der Waals surface area contributed by atoms with E-state index in [1.807, 2.05) is 0 Å². The lowest BCUT2D eigenvalue weighted by atomic mass is 10.2. The molecule has 1 fully saturated rings. The van der Waals surface area contributed by atoms with Crippen molar-refractivity contribution < 1.29 is 39.5 Å². The number of methoxy groups -OCH3 is 1. The summed E-state index contributed by atoms with van der Waals surface area (Å²) in [7, 11) is -7.67. The molecular weight excluding hydrogens is 547 g/mol. The SMILES string of the molecule is COc1ccccc1NS(=O)(=O)c1ccc(N2CCOCC2)c(NS(=O)(=O)c2ccccc2C(F)(F)F)c1. The van der Waals surface area contributed by atoms with Crippen LogP contribution in [0.3, 0.4) is 0 Å². The van der Waals surface area contributed by atoms with Crippen molar-refractivity contribution in [3.63, 3.8) is 0 Å². The molecular formula is C24H24F3N3O6S2. The summed E-state index contributed by atoms with van der Waals surface area (Å²) in [6.07, 6.45) is -4.93. The Morgan fingerprint density at radius 1 is 0.842 bits per heavy atom. The van der Waals surface area contributed by atoms with Gasteiger partial charge in [-0.2, -0.15) is 13.2 Å². The molecule has 3 aromatic rings. The van der Waals surface area contributed by atoms with Gasteiger partial charge in [0.15, 0.2) is 0 Å². The first-order chi connectivity index (χ1) is 17.9. The van der Waals surface area contributed by atoms with E-state index in [2.05, 4.69) is 9.44 Å². The van der Waals surface area contributed by atoms with Gasteiger partial charge in [0, 0.05) is 13.1 Å². The molecule has 0 aromatic heterocycles. The molecule has 0 radical (unpaired) electrons. The fraction of sp³-hybridized carbons (Fsp3) is 0.250. The van der Waals surface area contributed by atoms with Crippen LogP contribution >= 0.6 is 0 Å². The molecule has 1 saturated heterocycles. The van der Waals surface area contributed by atoms with Crippen molar-refractivity contribution in [1.29, 1.82) is 0 Å². The third-order valence-corrected chi connectivity index (χ3v) is 8.49. The van der Waals surface area contributed by atoms with Gasteiger partial charge in [-0.15, -0.1) is 0 Å². The number of nitrogens with zero attached hydrogens (tertiary/aromatic N) is 1. The number of para-hydroxylation sites is 2. The number of alkyl halides is 3. The molecule has 1 aliphatic rings. The van der Waals surface area contributed by atoms with Crippen LogP contribution in [0, 0.1) is 0 Å². The van der Waals surface area contributed by atoms with Crippen molar-refractivity contribution in [2.45, 2.75) is 16.0 Å². The Morgan fingerprint density at radius 2 is 1.47 bits per heavy atom. The number of sulfonamides is 2. The number of halogens is 3. The maximum atomic E-state index is 13.6. The second-order valence-corrected chi connectivity index (χ2v) is 11.5. The van der Waals surface area contributed by atoms with Crippen molar-refractivity contribution in [2.75, 3.05) is 47.8 Å². The zero-order chi connectivity index (χ0) is 27.6. The molecule has 9 nitrogen and oxygen atoms in total. The molecule has 0 bridgehead atoms. The van der Waals surface area contributed by atoms with Gasteiger partial charge in [-0.25, -0.2) is 16.8 Å². The summed E-state index contributed by atoms with van der Waals surface area (Å²) in [5, 5.41) is 0. The smallest absolute Gasteiger partial charge is 0.417 e. The van der Waals surface area contributed by atoms with Crippen LogP contribution in [0.2, 0.25) is 0 Å². The summed E-state index contributed by atoms with van der Waals surface area (Å²) in [6, 6.07) is 13.8. The monoisotopic (exact) mass is 571 g/mol. The number of ether oxygens (including phenoxy) is 2. The molecule has 14 heteroatoms. The van der Waals surface area contributed by atoms with E-state index >= 15 is 0 Å². The van der Waals surface area contributed by atoms with E-state index in [9.17, 15) is 30.0 Å².